The Bertz CT molecular complexity index is 554. The number of aliphatic carboxylic acids is 1. The Kier molecular flexibility index (Phi) is 23.3. The van der Waals surface area contributed by atoms with E-state index in [9.17, 15) is 4.79 Å². The van der Waals surface area contributed by atoms with Gasteiger partial charge in [0.25, 0.3) is 0 Å². The minimum absolute atomic E-state index is 0.156. The second-order valence-corrected chi connectivity index (χ2v) is 10.0. The van der Waals surface area contributed by atoms with E-state index in [-0.39, 0.29) is 19.8 Å². The van der Waals surface area contributed by atoms with Crippen LogP contribution in [0.25, 0.3) is 0 Å². The van der Waals surface area contributed by atoms with Gasteiger partial charge in [0.15, 0.2) is 0 Å². The summed E-state index contributed by atoms with van der Waals surface area (Å²) in [6.07, 6.45) is 21.8. The Morgan fingerprint density at radius 3 is 1.31 bits per heavy atom. The van der Waals surface area contributed by atoms with Gasteiger partial charge in [0.1, 0.15) is 0 Å². The highest BCUT2D eigenvalue weighted by Gasteiger charge is 2.24. The number of hydrogen-bond donors (Lipinski definition) is 4. The van der Waals surface area contributed by atoms with Crippen molar-refractivity contribution in [2.75, 3.05) is 19.8 Å². The molecule has 0 saturated heterocycles. The average molecular weight is 495 g/mol. The first-order valence-corrected chi connectivity index (χ1v) is 14.1. The van der Waals surface area contributed by atoms with Gasteiger partial charge in [0.05, 0.1) is 19.8 Å². The third kappa shape index (κ3) is 20.5. The first-order chi connectivity index (χ1) is 17.0. The summed E-state index contributed by atoms with van der Waals surface area (Å²) in [6, 6.07) is 10.8. The minimum atomic E-state index is -0.667. The molecule has 5 nitrogen and oxygen atoms in total. The predicted octanol–water partition coefficient (Wildman–Crippen LogP) is 6.92. The van der Waals surface area contributed by atoms with Crippen molar-refractivity contribution in [3.8, 4) is 0 Å². The van der Waals surface area contributed by atoms with E-state index in [2.05, 4.69) is 30.3 Å². The summed E-state index contributed by atoms with van der Waals surface area (Å²) in [6.45, 7) is 1.35. The third-order valence-electron chi connectivity index (χ3n) is 6.96. The summed E-state index contributed by atoms with van der Waals surface area (Å²) in [5.74, 6) is -0.655. The maximum atomic E-state index is 10.4. The lowest BCUT2D eigenvalue weighted by Gasteiger charge is -2.24. The molecule has 35 heavy (non-hydrogen) atoms. The van der Waals surface area contributed by atoms with E-state index in [0.29, 0.717) is 12.8 Å². The van der Waals surface area contributed by atoms with E-state index in [0.717, 1.165) is 12.8 Å². The van der Waals surface area contributed by atoms with Crippen molar-refractivity contribution in [3.05, 3.63) is 35.9 Å². The number of carbonyl (C=O) groups is 1. The summed E-state index contributed by atoms with van der Waals surface area (Å²) in [7, 11) is 0. The van der Waals surface area contributed by atoms with Gasteiger partial charge >= 0.3 is 5.97 Å². The van der Waals surface area contributed by atoms with E-state index < -0.39 is 11.4 Å². The molecule has 0 bridgehead atoms. The van der Waals surface area contributed by atoms with Crippen LogP contribution in [0.15, 0.2) is 30.3 Å². The minimum Gasteiger partial charge on any atom is -0.481 e. The molecule has 1 aromatic carbocycles. The van der Waals surface area contributed by atoms with Gasteiger partial charge in [0.2, 0.25) is 0 Å². The number of aliphatic hydroxyl groups excluding tert-OH is 3. The summed E-state index contributed by atoms with van der Waals surface area (Å²) in [5, 5.41) is 34.5. The summed E-state index contributed by atoms with van der Waals surface area (Å²) >= 11 is 0. The molecule has 5 heteroatoms. The fraction of sp³-hybridized carbons (Fsp3) is 0.767. The number of rotatable bonds is 22. The topological polar surface area (TPSA) is 98.0 Å². The molecule has 0 aliphatic heterocycles. The van der Waals surface area contributed by atoms with Crippen LogP contribution >= 0.6 is 0 Å². The number of benzene rings is 1. The monoisotopic (exact) mass is 494 g/mol. The van der Waals surface area contributed by atoms with Crippen molar-refractivity contribution in [1.29, 1.82) is 0 Å². The van der Waals surface area contributed by atoms with Crippen molar-refractivity contribution < 1.29 is 25.2 Å². The molecule has 0 amide bonds. The molecule has 0 saturated carbocycles. The second kappa shape index (κ2) is 24.3. The van der Waals surface area contributed by atoms with Gasteiger partial charge in [-0.1, -0.05) is 121 Å². The largest absolute Gasteiger partial charge is 0.481 e. The van der Waals surface area contributed by atoms with E-state index in [1.54, 1.807) is 0 Å². The predicted molar refractivity (Wildman–Crippen MR) is 146 cm³/mol. The molecular weight excluding hydrogens is 440 g/mol. The van der Waals surface area contributed by atoms with Gasteiger partial charge in [0, 0.05) is 11.8 Å². The molecule has 0 atom stereocenters. The first-order valence-electron chi connectivity index (χ1n) is 14.1. The maximum absolute atomic E-state index is 10.4. The highest BCUT2D eigenvalue weighted by molar-refractivity contribution is 5.66. The van der Waals surface area contributed by atoms with Crippen molar-refractivity contribution in [1.82, 2.24) is 0 Å². The first kappa shape index (κ1) is 33.6. The van der Waals surface area contributed by atoms with Crippen LogP contribution in [0.2, 0.25) is 0 Å². The number of aliphatic hydroxyl groups is 3. The SMILES string of the molecule is CCC(CO)(CO)CO.O=C(O)CCCCCCCCCCCCCCCCCc1ccccc1. The van der Waals surface area contributed by atoms with E-state index in [1.165, 1.54) is 95.5 Å². The van der Waals surface area contributed by atoms with Crippen LogP contribution < -0.4 is 0 Å². The summed E-state index contributed by atoms with van der Waals surface area (Å²) < 4.78 is 0. The van der Waals surface area contributed by atoms with Gasteiger partial charge in [-0.15, -0.1) is 0 Å². The zero-order chi connectivity index (χ0) is 26.0. The van der Waals surface area contributed by atoms with Gasteiger partial charge in [-0.25, -0.2) is 0 Å². The molecule has 0 aliphatic rings. The van der Waals surface area contributed by atoms with Crippen molar-refractivity contribution in [2.45, 2.75) is 122 Å². The Hall–Kier alpha value is -1.43. The maximum Gasteiger partial charge on any atom is 0.303 e. The lowest BCUT2D eigenvalue weighted by Crippen LogP contribution is -2.32. The smallest absolute Gasteiger partial charge is 0.303 e. The quantitative estimate of drug-likeness (QED) is 0.131. The number of carboxylic acids is 1. The average Bonchev–Trinajstić information content (AvgIpc) is 2.88. The third-order valence-corrected chi connectivity index (χ3v) is 6.96. The van der Waals surface area contributed by atoms with Crippen molar-refractivity contribution >= 4 is 5.97 Å². The zero-order valence-corrected chi connectivity index (χ0v) is 22.4. The number of aryl methyl sites for hydroxylation is 1. The Morgan fingerprint density at radius 2 is 1.00 bits per heavy atom. The molecule has 1 rings (SSSR count). The lowest BCUT2D eigenvalue weighted by atomic mass is 9.88. The molecule has 204 valence electrons. The van der Waals surface area contributed by atoms with E-state index in [1.807, 2.05) is 6.92 Å². The van der Waals surface area contributed by atoms with Crippen LogP contribution in [-0.4, -0.2) is 46.2 Å². The highest BCUT2D eigenvalue weighted by atomic mass is 16.4. The molecular formula is C30H54O5. The van der Waals surface area contributed by atoms with E-state index in [4.69, 9.17) is 20.4 Å². The second-order valence-electron chi connectivity index (χ2n) is 10.0. The number of hydrogen-bond acceptors (Lipinski definition) is 4. The fourth-order valence-electron chi connectivity index (χ4n) is 4.03. The Morgan fingerprint density at radius 1 is 0.629 bits per heavy atom. The highest BCUT2D eigenvalue weighted by Crippen LogP contribution is 2.18. The fourth-order valence-corrected chi connectivity index (χ4v) is 4.03. The molecule has 0 spiro atoms. The van der Waals surface area contributed by atoms with E-state index >= 15 is 0 Å². The van der Waals surface area contributed by atoms with Crippen LogP contribution in [0, 0.1) is 5.41 Å². The van der Waals surface area contributed by atoms with Crippen LogP contribution in [0.4, 0.5) is 0 Å². The van der Waals surface area contributed by atoms with Gasteiger partial charge in [-0.05, 0) is 31.2 Å². The summed E-state index contributed by atoms with van der Waals surface area (Å²) in [4.78, 5) is 10.4. The Labute approximate surface area is 215 Å². The molecule has 1 aromatic rings. The van der Waals surface area contributed by atoms with Crippen LogP contribution in [-0.2, 0) is 11.2 Å². The molecule has 4 N–H and O–H groups in total. The molecule has 0 aliphatic carbocycles. The zero-order valence-electron chi connectivity index (χ0n) is 22.4. The number of unbranched alkanes of at least 4 members (excludes halogenated alkanes) is 14. The van der Waals surface area contributed by atoms with Gasteiger partial charge in [-0.2, -0.15) is 0 Å². The standard InChI is InChI=1S/C24H40O2.C6H14O3/c25-24(26)22-18-13-11-9-7-5-3-1-2-4-6-8-10-12-15-19-23-20-16-14-17-21-23;1-2-6(3-7,4-8)5-9/h14,16-17,20-21H,1-13,15,18-19,22H2,(H,25,26);7-9H,2-5H2,1H3. The van der Waals surface area contributed by atoms with Crippen molar-refractivity contribution in [2.24, 2.45) is 5.41 Å². The lowest BCUT2D eigenvalue weighted by molar-refractivity contribution is -0.137. The normalized spacial score (nSPS) is 11.2. The van der Waals surface area contributed by atoms with Crippen LogP contribution in [0.1, 0.15) is 122 Å². The summed E-state index contributed by atoms with van der Waals surface area (Å²) in [5.41, 5.74) is 0.813. The number of carboxylic acid groups (broad SMARTS) is 1. The molecule has 0 unspecified atom stereocenters. The van der Waals surface area contributed by atoms with Crippen LogP contribution in [0.5, 0.6) is 0 Å². The van der Waals surface area contributed by atoms with Crippen LogP contribution in [0.3, 0.4) is 0 Å². The molecule has 0 fully saturated rings. The van der Waals surface area contributed by atoms with Gasteiger partial charge in [-0.3, -0.25) is 4.79 Å². The van der Waals surface area contributed by atoms with Crippen molar-refractivity contribution in [3.63, 3.8) is 0 Å². The molecule has 0 radical (unpaired) electrons. The van der Waals surface area contributed by atoms with Gasteiger partial charge < -0.3 is 20.4 Å². The molecule has 0 heterocycles. The molecule has 0 aromatic heterocycles. The Balaban J connectivity index is 0.00000109.